The molecule has 3 N–H and O–H groups in total. The molecule has 7 nitrogen and oxygen atoms in total. The number of rotatable bonds is 6. The number of hydrogen-bond acceptors (Lipinski definition) is 5. The molecule has 0 saturated heterocycles. The molecule has 0 saturated carbocycles. The minimum Gasteiger partial charge on any atom is -0.394 e. The van der Waals surface area contributed by atoms with Crippen LogP contribution in [0.4, 0.5) is 4.79 Å². The molecule has 2 rings (SSSR count). The van der Waals surface area contributed by atoms with Gasteiger partial charge in [-0.15, -0.1) is 0 Å². The molecule has 1 aromatic heterocycles. The smallest absolute Gasteiger partial charge is 0.315 e. The normalized spacial score (nSPS) is 12.0. The molecule has 1 atom stereocenters. The first-order chi connectivity index (χ1) is 10.6. The summed E-state index contributed by atoms with van der Waals surface area (Å²) in [5.74, 6) is 0.849. The number of carbonyl (C=O) groups excluding carboxylic acids is 1. The van der Waals surface area contributed by atoms with Gasteiger partial charge in [0.25, 0.3) is 0 Å². The molecule has 22 heavy (non-hydrogen) atoms. The first-order valence-corrected chi connectivity index (χ1v) is 7.15. The molecule has 118 valence electrons. The van der Waals surface area contributed by atoms with Crippen LogP contribution in [0, 0.1) is 6.92 Å². The number of urea groups is 1. The van der Waals surface area contributed by atoms with Crippen LogP contribution in [-0.2, 0) is 13.0 Å². The van der Waals surface area contributed by atoms with Gasteiger partial charge >= 0.3 is 6.03 Å². The Hall–Kier alpha value is -2.41. The molecule has 0 fully saturated rings. The summed E-state index contributed by atoms with van der Waals surface area (Å²) in [7, 11) is 0. The van der Waals surface area contributed by atoms with Gasteiger partial charge in [0.15, 0.2) is 5.82 Å². The van der Waals surface area contributed by atoms with Gasteiger partial charge < -0.3 is 20.3 Å². The molecule has 0 aliphatic heterocycles. The van der Waals surface area contributed by atoms with Gasteiger partial charge in [0.05, 0.1) is 19.2 Å². The lowest BCUT2D eigenvalue weighted by molar-refractivity contribution is 0.216. The summed E-state index contributed by atoms with van der Waals surface area (Å²) in [6.07, 6.45) is 0.947. The Morgan fingerprint density at radius 2 is 2.09 bits per heavy atom. The molecule has 0 bridgehead atoms. The predicted molar refractivity (Wildman–Crippen MR) is 80.1 cm³/mol. The van der Waals surface area contributed by atoms with Gasteiger partial charge in [-0.05, 0) is 17.5 Å². The summed E-state index contributed by atoms with van der Waals surface area (Å²) in [5.41, 5.74) is 2.06. The third kappa shape index (κ3) is 4.29. The monoisotopic (exact) mass is 304 g/mol. The van der Waals surface area contributed by atoms with Crippen molar-refractivity contribution >= 4 is 6.03 Å². The van der Waals surface area contributed by atoms with E-state index in [0.717, 1.165) is 12.0 Å². The van der Waals surface area contributed by atoms with E-state index in [2.05, 4.69) is 27.7 Å². The Kier molecular flexibility index (Phi) is 5.48. The third-order valence-corrected chi connectivity index (χ3v) is 3.25. The van der Waals surface area contributed by atoms with Crippen molar-refractivity contribution in [2.24, 2.45) is 0 Å². The maximum atomic E-state index is 11.9. The van der Waals surface area contributed by atoms with Crippen molar-refractivity contribution in [2.75, 3.05) is 6.61 Å². The van der Waals surface area contributed by atoms with Gasteiger partial charge in [-0.2, -0.15) is 4.98 Å². The molecule has 1 aromatic carbocycles. The maximum Gasteiger partial charge on any atom is 0.315 e. The Bertz CT molecular complexity index is 610. The van der Waals surface area contributed by atoms with Crippen molar-refractivity contribution in [3.63, 3.8) is 0 Å². The fourth-order valence-corrected chi connectivity index (χ4v) is 2.00. The second-order valence-electron chi connectivity index (χ2n) is 4.89. The Labute approximate surface area is 128 Å². The molecule has 2 amide bonds. The van der Waals surface area contributed by atoms with E-state index in [1.54, 1.807) is 6.92 Å². The number of carbonyl (C=O) groups is 1. The van der Waals surface area contributed by atoms with Crippen molar-refractivity contribution in [1.29, 1.82) is 0 Å². The van der Waals surface area contributed by atoms with E-state index in [4.69, 9.17) is 4.52 Å². The lowest BCUT2D eigenvalue weighted by Crippen LogP contribution is -2.39. The molecule has 0 radical (unpaired) electrons. The summed E-state index contributed by atoms with van der Waals surface area (Å²) in [6, 6.07) is 6.92. The number of aliphatic hydroxyl groups is 1. The fraction of sp³-hybridized carbons (Fsp3) is 0.400. The second kappa shape index (κ2) is 7.56. The van der Waals surface area contributed by atoms with Crippen molar-refractivity contribution < 1.29 is 14.4 Å². The third-order valence-electron chi connectivity index (χ3n) is 3.25. The van der Waals surface area contributed by atoms with Crippen LogP contribution in [-0.4, -0.2) is 27.9 Å². The van der Waals surface area contributed by atoms with Crippen LogP contribution in [0.15, 0.2) is 28.8 Å². The van der Waals surface area contributed by atoms with Gasteiger partial charge in [0.2, 0.25) is 5.89 Å². The number of amides is 2. The first-order valence-electron chi connectivity index (χ1n) is 7.15. The van der Waals surface area contributed by atoms with E-state index in [1.807, 2.05) is 24.3 Å². The molecule has 2 aromatic rings. The van der Waals surface area contributed by atoms with Crippen LogP contribution >= 0.6 is 0 Å². The molecule has 0 aliphatic carbocycles. The highest BCUT2D eigenvalue weighted by Gasteiger charge is 2.14. The quantitative estimate of drug-likeness (QED) is 0.750. The summed E-state index contributed by atoms with van der Waals surface area (Å²) in [5, 5.41) is 18.5. The highest BCUT2D eigenvalue weighted by atomic mass is 16.5. The minimum atomic E-state index is -0.460. The highest BCUT2D eigenvalue weighted by molar-refractivity contribution is 5.74. The number of nitrogens with one attached hydrogen (secondary N) is 2. The van der Waals surface area contributed by atoms with Crippen LogP contribution in [0.25, 0.3) is 0 Å². The largest absolute Gasteiger partial charge is 0.394 e. The molecular weight excluding hydrogens is 284 g/mol. The van der Waals surface area contributed by atoms with Gasteiger partial charge in [0.1, 0.15) is 0 Å². The topological polar surface area (TPSA) is 100 Å². The lowest BCUT2D eigenvalue weighted by Gasteiger charge is -2.17. The molecule has 1 heterocycles. The average Bonchev–Trinajstić information content (AvgIpc) is 2.96. The van der Waals surface area contributed by atoms with Crippen molar-refractivity contribution in [1.82, 2.24) is 20.8 Å². The van der Waals surface area contributed by atoms with Crippen molar-refractivity contribution in [3.8, 4) is 0 Å². The van der Waals surface area contributed by atoms with E-state index in [1.165, 1.54) is 5.56 Å². The number of benzene rings is 1. The zero-order chi connectivity index (χ0) is 15.9. The second-order valence-corrected chi connectivity index (χ2v) is 4.89. The van der Waals surface area contributed by atoms with Gasteiger partial charge in [-0.25, -0.2) is 4.79 Å². The average molecular weight is 304 g/mol. The van der Waals surface area contributed by atoms with Crippen LogP contribution in [0.2, 0.25) is 0 Å². The fourth-order valence-electron chi connectivity index (χ4n) is 2.00. The zero-order valence-electron chi connectivity index (χ0n) is 12.7. The Balaban J connectivity index is 1.89. The summed E-state index contributed by atoms with van der Waals surface area (Å²) in [4.78, 5) is 15.9. The van der Waals surface area contributed by atoms with Gasteiger partial charge in [-0.1, -0.05) is 36.3 Å². The van der Waals surface area contributed by atoms with E-state index >= 15 is 0 Å². The highest BCUT2D eigenvalue weighted by Crippen LogP contribution is 2.13. The van der Waals surface area contributed by atoms with Crippen molar-refractivity contribution in [3.05, 3.63) is 47.1 Å². The molecule has 0 aliphatic rings. The minimum absolute atomic E-state index is 0.163. The van der Waals surface area contributed by atoms with E-state index in [0.29, 0.717) is 11.7 Å². The summed E-state index contributed by atoms with van der Waals surface area (Å²) < 4.78 is 4.82. The van der Waals surface area contributed by atoms with E-state index in [-0.39, 0.29) is 13.2 Å². The number of aromatic nitrogens is 2. The predicted octanol–water partition coefficient (Wildman–Crippen LogP) is 1.47. The Morgan fingerprint density at radius 3 is 2.64 bits per heavy atom. The molecular formula is C15H20N4O3. The standard InChI is InChI=1S/C15H20N4O3/c1-3-11-4-6-12(7-5-11)13(9-20)18-15(21)16-8-14-17-10(2)22-19-14/h4-7,13,20H,3,8-9H2,1-2H3,(H2,16,18,21). The van der Waals surface area contributed by atoms with Crippen LogP contribution in [0.3, 0.4) is 0 Å². The van der Waals surface area contributed by atoms with Crippen LogP contribution in [0.5, 0.6) is 0 Å². The molecule has 0 spiro atoms. The molecule has 7 heteroatoms. The van der Waals surface area contributed by atoms with Gasteiger partial charge in [-0.3, -0.25) is 0 Å². The Morgan fingerprint density at radius 1 is 1.36 bits per heavy atom. The lowest BCUT2D eigenvalue weighted by atomic mass is 10.0. The first kappa shape index (κ1) is 16.0. The van der Waals surface area contributed by atoms with Gasteiger partial charge in [0, 0.05) is 6.92 Å². The number of aliphatic hydroxyl groups excluding tert-OH is 1. The maximum absolute atomic E-state index is 11.9. The SMILES string of the molecule is CCc1ccc(C(CO)NC(=O)NCc2noc(C)n2)cc1. The summed E-state index contributed by atoms with van der Waals surface area (Å²) >= 11 is 0. The number of aryl methyl sites for hydroxylation is 2. The number of hydrogen-bond donors (Lipinski definition) is 3. The number of nitrogens with zero attached hydrogens (tertiary/aromatic N) is 2. The van der Waals surface area contributed by atoms with Crippen LogP contribution < -0.4 is 10.6 Å². The van der Waals surface area contributed by atoms with Crippen molar-refractivity contribution in [2.45, 2.75) is 32.9 Å². The molecule has 1 unspecified atom stereocenters. The van der Waals surface area contributed by atoms with E-state index in [9.17, 15) is 9.90 Å². The zero-order valence-corrected chi connectivity index (χ0v) is 12.7. The van der Waals surface area contributed by atoms with E-state index < -0.39 is 12.1 Å². The summed E-state index contributed by atoms with van der Waals surface area (Å²) in [6.45, 7) is 3.73. The van der Waals surface area contributed by atoms with Crippen LogP contribution in [0.1, 0.15) is 35.8 Å².